The van der Waals surface area contributed by atoms with Gasteiger partial charge in [-0.1, -0.05) is 381 Å². The number of para-hydroxylation sites is 2. The van der Waals surface area contributed by atoms with Gasteiger partial charge in [-0.25, -0.2) is 4.98 Å². The first-order chi connectivity index (χ1) is 78.6. The lowest BCUT2D eigenvalue weighted by Crippen LogP contribution is -2.80. The zero-order valence-corrected chi connectivity index (χ0v) is 59.7. The van der Waals surface area contributed by atoms with Crippen molar-refractivity contribution in [2.45, 2.75) is 6.85 Å². The Bertz CT molecular complexity index is 9170. The van der Waals surface area contributed by atoms with Gasteiger partial charge in [-0.3, -0.25) is 13.7 Å². The Morgan fingerprint density at radius 1 is 0.351 bits per heavy atom. The highest BCUT2D eigenvalue weighted by Crippen LogP contribution is 2.37. The number of hydrogen-bond acceptors (Lipinski definition) is 2. The minimum atomic E-state index is -7.26. The molecule has 0 fully saturated rings. The molecule has 19 aromatic rings. The molecule has 8 heteroatoms. The van der Waals surface area contributed by atoms with Gasteiger partial charge in [0.15, 0.2) is 24.2 Å². The predicted octanol–water partition coefficient (Wildman–Crippen LogP) is 15.8. The molecule has 0 unspecified atom stereocenters. The van der Waals surface area contributed by atoms with Crippen LogP contribution in [-0.2, 0) is 0 Å². The number of ether oxygens (including phenoxy) is 1. The van der Waals surface area contributed by atoms with Gasteiger partial charge in [0.1, 0.15) is 17.3 Å². The molecule has 0 atom stereocenters. The van der Waals surface area contributed by atoms with Gasteiger partial charge < -0.3 is 4.74 Å². The van der Waals surface area contributed by atoms with Crippen LogP contribution in [-0.4, -0.2) is 38.3 Å². The van der Waals surface area contributed by atoms with E-state index in [2.05, 4.69) is 11.3 Å². The fraction of sp³-hybridized carbons (Fsp3) is 0.00971. The average Bonchev–Trinajstić information content (AvgIpc) is 0.991. The van der Waals surface area contributed by atoms with Crippen LogP contribution in [0.15, 0.2) is 442 Å². The minimum Gasteiger partial charge on any atom is -0.458 e. The van der Waals surface area contributed by atoms with Gasteiger partial charge in [0.2, 0.25) is 0 Å². The third-order valence-electron chi connectivity index (χ3n) is 18.7. The summed E-state index contributed by atoms with van der Waals surface area (Å²) in [6.45, 7) is -3.14. The fourth-order valence-corrected chi connectivity index (χ4v) is 25.9. The van der Waals surface area contributed by atoms with Crippen LogP contribution in [0.3, 0.4) is 0 Å². The molecule has 0 radical (unpaired) electrons. The molecule has 3 heterocycles. The SMILES string of the molecule is [2H]c1c([2H])c([2H])c(-c2cnc(-n3c4ccccc4c4ccc(Oc5cccc(-n6[c-][n+](-c7c([Si](c8c([2H])c([2H])c([2H])c([2H])c8[2H])(c8c([2H])c([2H])c([2H])c([2H])c8[2H])c8c([2H])c([2H])c([2H])c([2H])c8[2H])cccc7[Si](c7c([2H])c([2H])c([2H])c([2H])c7[2H])(c7c([2H])c([2H])c([2H])c([2H])c7[2H])c7c([2H])c([2H])c([2H])c([2H])c7[2H])c7ccc(-c8c([2H])c([2H])c([2H])c([Si](c9c([2H])c([2H])c([2H])c([2H])c9[2H])(c9c([2H])c([2H])c([2H])c([2H])c9[2H])c9c([2H])c([2H])c([2H])c([2H])c9[2H])c8[2H])cc76)c5)cc43)cc2C([2H])([2H])[2H])c([2H])c1[2H]. The summed E-state index contributed by atoms with van der Waals surface area (Å²) in [6.07, 6.45) is 4.16. The van der Waals surface area contributed by atoms with Gasteiger partial charge >= 0.3 is 0 Å². The third kappa shape index (κ3) is 11.7. The molecule has 0 aliphatic rings. The largest absolute Gasteiger partial charge is 0.458 e. The fourth-order valence-electron chi connectivity index (χ4n) is 14.2. The van der Waals surface area contributed by atoms with Crippen molar-refractivity contribution in [1.29, 1.82) is 0 Å². The van der Waals surface area contributed by atoms with E-state index in [1.54, 1.807) is 30.3 Å². The number of fused-ring (bicyclic) bond motifs is 4. The van der Waals surface area contributed by atoms with Crippen molar-refractivity contribution in [3.63, 3.8) is 0 Å². The highest BCUT2D eigenvalue weighted by Gasteiger charge is 2.49. The Morgan fingerprint density at radius 3 is 1.28 bits per heavy atom. The maximum absolute atomic E-state index is 11.2. The van der Waals surface area contributed by atoms with E-state index in [0.717, 1.165) is 57.8 Å². The topological polar surface area (TPSA) is 35.9 Å². The molecule has 3 aromatic heterocycles. The smallest absolute Gasteiger partial charge is 0.269 e. The highest BCUT2D eigenvalue weighted by molar-refractivity contribution is 7.23. The van der Waals surface area contributed by atoms with E-state index in [4.69, 9.17) is 19.8 Å². The van der Waals surface area contributed by atoms with Gasteiger partial charge in [-0.15, -0.1) is 0 Å². The molecule has 111 heavy (non-hydrogen) atoms. The van der Waals surface area contributed by atoms with E-state index in [1.165, 1.54) is 41.0 Å². The molecule has 0 amide bonds. The van der Waals surface area contributed by atoms with Crippen molar-refractivity contribution in [3.05, 3.63) is 454 Å². The Kier molecular flexibility index (Phi) is 8.00. The second kappa shape index (κ2) is 29.2. The predicted molar refractivity (Wildman–Crippen MR) is 469 cm³/mol. The lowest BCUT2D eigenvalue weighted by molar-refractivity contribution is -0.570. The van der Waals surface area contributed by atoms with Crippen LogP contribution >= 0.6 is 0 Å². The number of aromatic nitrogens is 4. The number of nitrogens with zero attached hydrogens (tertiary/aromatic N) is 4. The van der Waals surface area contributed by atoms with Crippen LogP contribution in [0.1, 0.15) is 83.7 Å². The average molecular weight is 1530 g/mol. The molecule has 19 rings (SSSR count). The summed E-state index contributed by atoms with van der Waals surface area (Å²) in [5.74, 6) is -0.633. The first-order valence-electron chi connectivity index (χ1n) is 61.9. The first kappa shape index (κ1) is 30.4. The molecule has 0 saturated heterocycles. The summed E-state index contributed by atoms with van der Waals surface area (Å²) < 4.78 is 567. The van der Waals surface area contributed by atoms with Gasteiger partial charge in [0.25, 0.3) is 6.33 Å². The van der Waals surface area contributed by atoms with E-state index in [9.17, 15) is 63.1 Å². The van der Waals surface area contributed by atoms with Crippen LogP contribution in [0, 0.1) is 13.2 Å². The molecule has 0 aliphatic carbocycles. The van der Waals surface area contributed by atoms with Gasteiger partial charge in [-0.05, 0) is 140 Å². The highest BCUT2D eigenvalue weighted by atomic mass is 28.3. The van der Waals surface area contributed by atoms with Crippen molar-refractivity contribution < 1.29 is 87.4 Å². The molecule has 0 aliphatic heterocycles. The number of aryl methyl sites for hydroxylation is 1. The van der Waals surface area contributed by atoms with Crippen molar-refractivity contribution >= 4 is 119 Å². The molecule has 0 N–H and O–H groups in total. The second-order valence-electron chi connectivity index (χ2n) is 24.4. The van der Waals surface area contributed by atoms with Crippen LogP contribution in [0.2, 0.25) is 0 Å². The molecule has 16 aromatic carbocycles. The first-order valence-corrected chi connectivity index (χ1v) is 39.4. The molecule has 0 saturated carbocycles. The Balaban J connectivity index is 1.07. The molecule has 0 spiro atoms. The van der Waals surface area contributed by atoms with E-state index in [0.29, 0.717) is 16.3 Å². The summed E-state index contributed by atoms with van der Waals surface area (Å²) >= 11 is 0. The van der Waals surface area contributed by atoms with Gasteiger partial charge in [-0.2, -0.15) is 0 Å². The van der Waals surface area contributed by atoms with Gasteiger partial charge in [0, 0.05) is 32.7 Å². The van der Waals surface area contributed by atoms with E-state index < -0.39 is 464 Å². The summed E-state index contributed by atoms with van der Waals surface area (Å²) in [6, 6.07) is -51.3. The normalized spacial score (nSPS) is 19.2. The number of pyridine rings is 1. The number of benzene rings is 16. The maximum atomic E-state index is 11.2. The third-order valence-corrected chi connectivity index (χ3v) is 31.2. The lowest BCUT2D eigenvalue weighted by atomic mass is 10.0. The summed E-state index contributed by atoms with van der Waals surface area (Å²) in [5, 5.41) is -15.1. The Morgan fingerprint density at radius 2 is 0.784 bits per heavy atom. The van der Waals surface area contributed by atoms with Crippen molar-refractivity contribution in [3.8, 4) is 50.9 Å². The van der Waals surface area contributed by atoms with Crippen molar-refractivity contribution in [2.75, 3.05) is 0 Å². The zero-order valence-electron chi connectivity index (χ0n) is 114. The maximum Gasteiger partial charge on any atom is 0.269 e. The number of rotatable bonds is 19. The number of imidazole rings is 1. The zero-order chi connectivity index (χ0) is 124. The van der Waals surface area contributed by atoms with Crippen LogP contribution in [0.5, 0.6) is 11.5 Å². The molecular formula is C103H76N4OSi3. The Labute approximate surface area is 731 Å². The van der Waals surface area contributed by atoms with Crippen LogP contribution in [0.4, 0.5) is 0 Å². The molecule has 5 nitrogen and oxygen atoms in total. The summed E-state index contributed by atoms with van der Waals surface area (Å²) in [4.78, 5) is 4.69. The summed E-state index contributed by atoms with van der Waals surface area (Å²) in [7, 11) is -21.4. The van der Waals surface area contributed by atoms with E-state index in [1.807, 2.05) is 0 Å². The monoisotopic (exact) mass is 1530 g/mol. The van der Waals surface area contributed by atoms with E-state index in [-0.39, 0.29) is 28.4 Å². The summed E-state index contributed by atoms with van der Waals surface area (Å²) in [5.41, 5.74) is -5.89. The second-order valence-corrected chi connectivity index (χ2v) is 35.0. The van der Waals surface area contributed by atoms with E-state index >= 15 is 0 Å². The minimum absolute atomic E-state index is 0.154. The van der Waals surface area contributed by atoms with Crippen molar-refractivity contribution in [1.82, 2.24) is 14.1 Å². The molecular weight excluding hydrogens is 1390 g/mol. The van der Waals surface area contributed by atoms with Crippen LogP contribution in [0.25, 0.3) is 72.3 Å². The van der Waals surface area contributed by atoms with Gasteiger partial charge in [0.05, 0.1) is 107 Å². The standard InChI is InChI=1S/C103H76N4OSi3/c1-76-69-102(104-74-95(76)77-37-12-2-13-38-77)107-96-62-33-32-61-93(96)94-67-66-82(73-98(94)107)108-81-41-35-40-80(72-81)105-75-106(97-68-65-79(71-99(97)105)78-39-34-60-92(70-78)109(83-42-14-3-15-43-83,84-44-16-4-17-45-84)85-46-18-5-19-47-85)103-100(110(86-48-20-6-21-49-86,87-50-22-7-23-51-87)88-52-24-8-25-53-88)63-36-64-101(103)111(89-54-26-9-27-55-89,90-56-28-10-29-57-90)91-58-30-11-31-59-91/h2-74H,1H3/i1D3,2D,3D,4D,5D,6D,7D,8D,9D,10D,11D,12D,13D,14D,15D,16D,17D,18D,19D,20D,21D,22D,23D,24D,25D,26D,27D,28D,29D,30D,31D,34D,37D,38D,39D,42D,43D,44D,45D,46D,47D,48D,49D,50D,51D,52D,53D,54D,55D,56D,57D,58D,59D,60D,70D. The molecule has 0 bridgehead atoms. The van der Waals surface area contributed by atoms with Crippen molar-refractivity contribution in [2.24, 2.45) is 0 Å². The lowest BCUT2D eigenvalue weighted by Gasteiger charge is -2.40. The van der Waals surface area contributed by atoms with Crippen LogP contribution < -0.4 is 71.5 Å². The quantitative estimate of drug-likeness (QED) is 0.0350. The number of hydrogen-bond donors (Lipinski definition) is 0. The Hall–Kier alpha value is -13.6. The molecule has 526 valence electrons.